The van der Waals surface area contributed by atoms with Gasteiger partial charge in [0.05, 0.1) is 23.7 Å². The van der Waals surface area contributed by atoms with Crippen LogP contribution < -0.4 is 15.2 Å². The lowest BCUT2D eigenvalue weighted by molar-refractivity contribution is -0.160. The van der Waals surface area contributed by atoms with Gasteiger partial charge in [0.15, 0.2) is 11.5 Å². The molecule has 1 aromatic carbocycles. The van der Waals surface area contributed by atoms with Crippen molar-refractivity contribution in [3.05, 3.63) is 23.3 Å². The standard InChI is InChI=1S/C24H38N2O4/c1-14(2)9-17-13-26-8-7-16-10-21(28-5)22(29-6)11-18(16)19(26)12-20(17)30-24(27)23(25)15(3)4/h10-11,14-15,17,19-20,23H,7-9,12-13,25H2,1-6H3/t17?,19?,20?,23-/m0/s1/i1D3,5D3,6D3,9D2,12D2,13D2,14D,17D,19D/t14?,17?,19?,20?,23-. The van der Waals surface area contributed by atoms with Crippen molar-refractivity contribution in [1.29, 1.82) is 0 Å². The lowest BCUT2D eigenvalue weighted by Gasteiger charge is -2.47. The molecule has 168 valence electrons. The average Bonchev–Trinajstić information content (AvgIpc) is 2.87. The van der Waals surface area contributed by atoms with Gasteiger partial charge in [-0.05, 0) is 47.9 Å². The zero-order valence-electron chi connectivity index (χ0n) is 35.0. The Morgan fingerprint density at radius 1 is 1.40 bits per heavy atom. The summed E-state index contributed by atoms with van der Waals surface area (Å²) < 4.78 is 166. The van der Waals surface area contributed by atoms with E-state index in [4.69, 9.17) is 36.4 Å². The molecule has 1 fully saturated rings. The van der Waals surface area contributed by atoms with Gasteiger partial charge in [0.25, 0.3) is 0 Å². The van der Waals surface area contributed by atoms with Gasteiger partial charge in [-0.2, -0.15) is 0 Å². The Labute approximate surface area is 206 Å². The van der Waals surface area contributed by atoms with E-state index >= 15 is 0 Å². The van der Waals surface area contributed by atoms with Crippen LogP contribution in [0.2, 0.25) is 0 Å². The number of carbonyl (C=O) groups excluding carboxylic acids is 1. The molecule has 1 saturated heterocycles. The van der Waals surface area contributed by atoms with Gasteiger partial charge < -0.3 is 19.9 Å². The molecule has 2 aliphatic rings. The molecule has 5 atom stereocenters. The van der Waals surface area contributed by atoms with Crippen molar-refractivity contribution >= 4 is 5.97 Å². The zero-order chi connectivity index (χ0) is 37.6. The number of piperidine rings is 1. The highest BCUT2D eigenvalue weighted by Gasteiger charge is 2.41. The van der Waals surface area contributed by atoms with Gasteiger partial charge in [-0.25, -0.2) is 0 Å². The van der Waals surface area contributed by atoms with Crippen LogP contribution in [0.1, 0.15) is 82.2 Å². The molecule has 6 heteroatoms. The Kier molecular flexibility index (Phi) is 2.86. The Balaban J connectivity index is 2.47. The molecular weight excluding hydrogens is 380 g/mol. The number of hydrogen-bond acceptors (Lipinski definition) is 6. The third-order valence-electron chi connectivity index (χ3n) is 4.85. The second kappa shape index (κ2) is 9.56. The molecule has 0 aromatic heterocycles. The third kappa shape index (κ3) is 4.75. The Bertz CT molecular complexity index is 1410. The van der Waals surface area contributed by atoms with Crippen LogP contribution in [0.5, 0.6) is 11.5 Å². The van der Waals surface area contributed by atoms with E-state index in [1.807, 2.05) is 0 Å². The molecule has 2 heterocycles. The topological polar surface area (TPSA) is 74.0 Å². The van der Waals surface area contributed by atoms with Crippen LogP contribution in [0.15, 0.2) is 12.1 Å². The summed E-state index contributed by atoms with van der Waals surface area (Å²) in [6.07, 6.45) is -10.8. The lowest BCUT2D eigenvalue weighted by atomic mass is 9.79. The van der Waals surface area contributed by atoms with Gasteiger partial charge in [-0.1, -0.05) is 27.6 Å². The zero-order valence-corrected chi connectivity index (χ0v) is 17.0. The fraction of sp³-hybridized carbons (Fsp3) is 0.708. The van der Waals surface area contributed by atoms with Crippen molar-refractivity contribution in [1.82, 2.24) is 4.90 Å². The highest BCUT2D eigenvalue weighted by molar-refractivity contribution is 5.76. The van der Waals surface area contributed by atoms with Crippen LogP contribution in [0.25, 0.3) is 0 Å². The Morgan fingerprint density at radius 3 is 2.80 bits per heavy atom. The van der Waals surface area contributed by atoms with Crippen molar-refractivity contribution in [3.63, 3.8) is 0 Å². The van der Waals surface area contributed by atoms with Crippen molar-refractivity contribution < 1.29 is 43.7 Å². The number of rotatable bonds is 7. The first-order valence-electron chi connectivity index (χ1n) is 18.4. The van der Waals surface area contributed by atoms with Gasteiger partial charge >= 0.3 is 5.97 Å². The van der Waals surface area contributed by atoms with E-state index in [0.717, 1.165) is 12.1 Å². The van der Waals surface area contributed by atoms with Gasteiger partial charge in [-0.15, -0.1) is 0 Å². The molecule has 0 saturated carbocycles. The van der Waals surface area contributed by atoms with E-state index in [2.05, 4.69) is 0 Å². The highest BCUT2D eigenvalue weighted by atomic mass is 16.5. The maximum atomic E-state index is 13.3. The van der Waals surface area contributed by atoms with Gasteiger partial charge in [-0.3, -0.25) is 9.69 Å². The second-order valence-electron chi connectivity index (χ2n) is 7.42. The number of nitrogens with two attached hydrogens (primary N) is 1. The molecule has 3 rings (SSSR count). The summed E-state index contributed by atoms with van der Waals surface area (Å²) in [5.41, 5.74) is 5.31. The number of benzene rings is 1. The number of fused-ring (bicyclic) bond motifs is 3. The number of esters is 1. The Hall–Kier alpha value is -1.79. The number of hydrogen-bond donors (Lipinski definition) is 1. The molecular formula is C24H38N2O4. The summed E-state index contributed by atoms with van der Waals surface area (Å²) in [7, 11) is -6.37. The molecule has 4 unspecified atom stereocenters. The van der Waals surface area contributed by atoms with Crippen LogP contribution >= 0.6 is 0 Å². The van der Waals surface area contributed by atoms with Crippen LogP contribution in [0.4, 0.5) is 0 Å². The smallest absolute Gasteiger partial charge is 0.323 e. The molecule has 0 radical (unpaired) electrons. The van der Waals surface area contributed by atoms with E-state index in [-0.39, 0.29) is 12.0 Å². The highest BCUT2D eigenvalue weighted by Crippen LogP contribution is 2.44. The normalized spacial score (nSPS) is 45.7. The average molecular weight is 437 g/mol. The summed E-state index contributed by atoms with van der Waals surface area (Å²) in [6, 6.07) is -2.96. The van der Waals surface area contributed by atoms with Crippen molar-refractivity contribution in [2.75, 3.05) is 27.1 Å². The van der Waals surface area contributed by atoms with Crippen molar-refractivity contribution in [3.8, 4) is 11.5 Å². The van der Waals surface area contributed by atoms with Crippen LogP contribution in [-0.2, 0) is 16.0 Å². The molecule has 0 amide bonds. The quantitative estimate of drug-likeness (QED) is 0.659. The fourth-order valence-corrected chi connectivity index (χ4v) is 3.20. The van der Waals surface area contributed by atoms with E-state index in [1.165, 1.54) is 13.8 Å². The molecule has 0 bridgehead atoms. The molecule has 30 heavy (non-hydrogen) atoms. The molecule has 0 aliphatic carbocycles. The van der Waals surface area contributed by atoms with Gasteiger partial charge in [0.1, 0.15) is 12.1 Å². The van der Waals surface area contributed by atoms with E-state index < -0.39 is 106 Å². The monoisotopic (exact) mass is 436 g/mol. The number of nitrogens with zero attached hydrogens (tertiary/aromatic N) is 1. The minimum Gasteiger partial charge on any atom is -0.493 e. The number of carbonyl (C=O) groups is 1. The predicted octanol–water partition coefficient (Wildman–Crippen LogP) is 3.56. The first-order valence-corrected chi connectivity index (χ1v) is 9.42. The Morgan fingerprint density at radius 2 is 2.13 bits per heavy atom. The van der Waals surface area contributed by atoms with Gasteiger partial charge in [0, 0.05) is 46.4 Å². The largest absolute Gasteiger partial charge is 0.493 e. The van der Waals surface area contributed by atoms with E-state index in [9.17, 15) is 13.0 Å². The van der Waals surface area contributed by atoms with Gasteiger partial charge in [0.2, 0.25) is 0 Å². The molecule has 6 nitrogen and oxygen atoms in total. The van der Waals surface area contributed by atoms with E-state index in [0.29, 0.717) is 11.8 Å². The molecule has 2 aliphatic heterocycles. The predicted molar refractivity (Wildman–Crippen MR) is 118 cm³/mol. The minimum absolute atomic E-state index is 0.0599. The maximum absolute atomic E-state index is 13.3. The van der Waals surface area contributed by atoms with Crippen molar-refractivity contribution in [2.24, 2.45) is 23.4 Å². The molecule has 2 N–H and O–H groups in total. The summed E-state index contributed by atoms with van der Waals surface area (Å²) in [5.74, 6) is -10.7. The first-order chi connectivity index (χ1) is 21.1. The SMILES string of the molecule is [2H]C([2H])([2H])Oc1cc2c(cc1OC([2H])([2H])[2H])C1([2H])N(CC2)C([2H])([2H])C([2H])(C([2H])([2H])C([2H])(C)C([2H])([2H])[2H])C(OC(=O)[C@@H](N)C(C)C)C1([2H])[2H]. The van der Waals surface area contributed by atoms with Crippen LogP contribution in [-0.4, -0.2) is 50.1 Å². The van der Waals surface area contributed by atoms with Crippen LogP contribution in [0, 0.1) is 17.7 Å². The summed E-state index contributed by atoms with van der Waals surface area (Å²) in [5, 5.41) is 0. The second-order valence-corrected chi connectivity index (χ2v) is 7.42. The van der Waals surface area contributed by atoms with Crippen molar-refractivity contribution in [2.45, 2.75) is 65.0 Å². The van der Waals surface area contributed by atoms with E-state index in [1.54, 1.807) is 0 Å². The van der Waals surface area contributed by atoms with Crippen LogP contribution in [0.3, 0.4) is 0 Å². The fourth-order valence-electron chi connectivity index (χ4n) is 3.20. The minimum atomic E-state index is -3.87. The first kappa shape index (κ1) is 8.99. The number of methoxy groups -OCH3 is 2. The summed E-state index contributed by atoms with van der Waals surface area (Å²) in [6.45, 7) is -4.33. The third-order valence-corrected chi connectivity index (χ3v) is 4.85. The molecule has 1 aromatic rings. The lowest BCUT2D eigenvalue weighted by Crippen LogP contribution is -2.51. The number of ether oxygens (including phenoxy) is 3. The summed E-state index contributed by atoms with van der Waals surface area (Å²) in [4.78, 5) is 13.7. The molecule has 0 spiro atoms. The summed E-state index contributed by atoms with van der Waals surface area (Å²) >= 11 is 0. The maximum Gasteiger partial charge on any atom is 0.323 e.